The molecule has 0 unspecified atom stereocenters. The van der Waals surface area contributed by atoms with E-state index in [1.807, 2.05) is 4.90 Å². The minimum absolute atomic E-state index is 0. The lowest BCUT2D eigenvalue weighted by Gasteiger charge is -2.41. The smallest absolute Gasteiger partial charge is 0.243 e. The number of hydrogen-bond acceptors (Lipinski definition) is 5. The fourth-order valence-corrected chi connectivity index (χ4v) is 7.18. The van der Waals surface area contributed by atoms with Gasteiger partial charge >= 0.3 is 0 Å². The van der Waals surface area contributed by atoms with E-state index in [4.69, 9.17) is 4.74 Å². The molecule has 1 fully saturated rings. The number of likely N-dealkylation sites (tertiary alicyclic amines) is 1. The molecule has 39 heavy (non-hydrogen) atoms. The fraction of sp³-hybridized carbons (Fsp3) is 0.567. The number of carbonyl (C=O) groups excluding carboxylic acids is 1. The summed E-state index contributed by atoms with van der Waals surface area (Å²) >= 11 is 0. The topological polar surface area (TPSA) is 70.2 Å². The van der Waals surface area contributed by atoms with Gasteiger partial charge in [-0.1, -0.05) is 37.3 Å². The van der Waals surface area contributed by atoms with Gasteiger partial charge in [-0.3, -0.25) is 4.79 Å². The van der Waals surface area contributed by atoms with E-state index >= 15 is 0 Å². The Hall–Kier alpha value is -2.13. The molecule has 2 heterocycles. The second kappa shape index (κ2) is 13.0. The van der Waals surface area contributed by atoms with Gasteiger partial charge in [0, 0.05) is 39.1 Å². The van der Waals surface area contributed by atoms with Crippen molar-refractivity contribution in [2.75, 3.05) is 39.8 Å². The molecule has 0 aromatic heterocycles. The SMILES string of the molecule is CCN(CC1CCN(C(=O)C(C)(C)N(C)S(=O)(=O)c2ccccc2)CC1)[C@@H](C)Cc1ccc2c(c1)CCO2.Cl. The third kappa shape index (κ3) is 6.96. The summed E-state index contributed by atoms with van der Waals surface area (Å²) in [5.41, 5.74) is 1.50. The van der Waals surface area contributed by atoms with Crippen LogP contribution in [0.15, 0.2) is 53.4 Å². The van der Waals surface area contributed by atoms with Crippen molar-refractivity contribution in [2.24, 2.45) is 5.92 Å². The Labute approximate surface area is 241 Å². The van der Waals surface area contributed by atoms with Crippen LogP contribution < -0.4 is 4.74 Å². The van der Waals surface area contributed by atoms with Crippen LogP contribution in [0.2, 0.25) is 0 Å². The van der Waals surface area contributed by atoms with Crippen LogP contribution in [0.25, 0.3) is 0 Å². The number of fused-ring (bicyclic) bond motifs is 1. The van der Waals surface area contributed by atoms with Crippen LogP contribution in [0, 0.1) is 5.92 Å². The van der Waals surface area contributed by atoms with Crippen LogP contribution in [0.4, 0.5) is 0 Å². The van der Waals surface area contributed by atoms with Gasteiger partial charge in [0.25, 0.3) is 0 Å². The zero-order valence-electron chi connectivity index (χ0n) is 23.9. The Morgan fingerprint density at radius 2 is 1.79 bits per heavy atom. The zero-order valence-corrected chi connectivity index (χ0v) is 25.6. The second-order valence-corrected chi connectivity index (χ2v) is 13.2. The molecule has 2 aromatic carbocycles. The number of nitrogens with zero attached hydrogens (tertiary/aromatic N) is 3. The molecular weight excluding hydrogens is 534 g/mol. The summed E-state index contributed by atoms with van der Waals surface area (Å²) in [6, 6.07) is 15.3. The lowest BCUT2D eigenvalue weighted by Crippen LogP contribution is -2.57. The van der Waals surface area contributed by atoms with Crippen LogP contribution in [-0.2, 0) is 27.7 Å². The van der Waals surface area contributed by atoms with Crippen LogP contribution in [0.3, 0.4) is 0 Å². The van der Waals surface area contributed by atoms with Crippen molar-refractivity contribution in [3.05, 3.63) is 59.7 Å². The minimum atomic E-state index is -3.78. The quantitative estimate of drug-likeness (QED) is 0.412. The van der Waals surface area contributed by atoms with E-state index in [0.717, 1.165) is 51.1 Å². The third-order valence-electron chi connectivity index (χ3n) is 8.42. The van der Waals surface area contributed by atoms with Gasteiger partial charge in [0.2, 0.25) is 15.9 Å². The van der Waals surface area contributed by atoms with E-state index in [0.29, 0.717) is 25.0 Å². The summed E-state index contributed by atoms with van der Waals surface area (Å²) in [6.07, 6.45) is 3.86. The number of rotatable bonds is 10. The highest BCUT2D eigenvalue weighted by molar-refractivity contribution is 7.89. The first-order valence-electron chi connectivity index (χ1n) is 13.9. The fourth-order valence-electron chi connectivity index (χ4n) is 5.68. The maximum absolute atomic E-state index is 13.5. The first-order valence-corrected chi connectivity index (χ1v) is 15.3. The highest BCUT2D eigenvalue weighted by Gasteiger charge is 2.43. The molecule has 0 aliphatic carbocycles. The summed E-state index contributed by atoms with van der Waals surface area (Å²) in [6.45, 7) is 12.0. The Balaban J connectivity index is 0.00000420. The molecule has 1 atom stereocenters. The van der Waals surface area contributed by atoms with Gasteiger partial charge in [0.05, 0.1) is 11.5 Å². The minimum Gasteiger partial charge on any atom is -0.493 e. The number of hydrogen-bond donors (Lipinski definition) is 0. The van der Waals surface area contributed by atoms with Crippen molar-refractivity contribution in [1.82, 2.24) is 14.1 Å². The summed E-state index contributed by atoms with van der Waals surface area (Å²) in [5.74, 6) is 1.41. The molecule has 7 nitrogen and oxygen atoms in total. The maximum atomic E-state index is 13.5. The largest absolute Gasteiger partial charge is 0.493 e. The molecule has 0 saturated carbocycles. The first kappa shape index (κ1) is 31.4. The number of sulfonamides is 1. The Morgan fingerprint density at radius 1 is 1.13 bits per heavy atom. The lowest BCUT2D eigenvalue weighted by molar-refractivity contribution is -0.141. The van der Waals surface area contributed by atoms with Gasteiger partial charge in [-0.2, -0.15) is 4.31 Å². The molecule has 2 aliphatic heterocycles. The van der Waals surface area contributed by atoms with Crippen molar-refractivity contribution in [2.45, 2.75) is 69.9 Å². The summed E-state index contributed by atoms with van der Waals surface area (Å²) in [4.78, 5) is 18.1. The molecule has 1 saturated heterocycles. The molecule has 9 heteroatoms. The number of amides is 1. The molecule has 216 valence electrons. The standard InChI is InChI=1S/C30H43N3O4S.ClH/c1-6-32(23(2)20-25-12-13-28-26(21-25)16-19-37-28)22-24-14-17-33(18-15-24)29(34)30(3,4)31(5)38(35,36)27-10-8-7-9-11-27;/h7-13,21,23-24H,6,14-20,22H2,1-5H3;1H/t23-;/m0./s1. The van der Waals surface area contributed by atoms with Gasteiger partial charge in [-0.15, -0.1) is 12.4 Å². The monoisotopic (exact) mass is 577 g/mol. The van der Waals surface area contributed by atoms with Gasteiger partial charge < -0.3 is 14.5 Å². The lowest BCUT2D eigenvalue weighted by atomic mass is 9.93. The van der Waals surface area contributed by atoms with Crippen molar-refractivity contribution in [3.8, 4) is 5.75 Å². The molecule has 4 rings (SSSR count). The van der Waals surface area contributed by atoms with Gasteiger partial charge in [0.1, 0.15) is 11.3 Å². The van der Waals surface area contributed by atoms with Gasteiger partial charge in [-0.25, -0.2) is 8.42 Å². The predicted molar refractivity (Wildman–Crippen MR) is 158 cm³/mol. The Kier molecular flexibility index (Phi) is 10.5. The van der Waals surface area contributed by atoms with E-state index in [9.17, 15) is 13.2 Å². The second-order valence-electron chi connectivity index (χ2n) is 11.3. The van der Waals surface area contributed by atoms with Crippen molar-refractivity contribution in [3.63, 3.8) is 0 Å². The van der Waals surface area contributed by atoms with Crippen LogP contribution >= 0.6 is 12.4 Å². The normalized spacial score (nSPS) is 17.1. The first-order chi connectivity index (χ1) is 18.0. The van der Waals surface area contributed by atoms with Crippen molar-refractivity contribution in [1.29, 1.82) is 0 Å². The number of likely N-dealkylation sites (N-methyl/N-ethyl adjacent to an activating group) is 2. The van der Waals surface area contributed by atoms with E-state index < -0.39 is 15.6 Å². The molecule has 0 radical (unpaired) electrons. The summed E-state index contributed by atoms with van der Waals surface area (Å²) in [7, 11) is -2.28. The average molecular weight is 578 g/mol. The van der Waals surface area contributed by atoms with Gasteiger partial charge in [-0.05, 0) is 81.8 Å². The zero-order chi connectivity index (χ0) is 27.5. The highest BCUT2D eigenvalue weighted by Crippen LogP contribution is 2.29. The van der Waals surface area contributed by atoms with Crippen molar-refractivity contribution < 1.29 is 17.9 Å². The Morgan fingerprint density at radius 3 is 2.44 bits per heavy atom. The third-order valence-corrected chi connectivity index (χ3v) is 10.5. The van der Waals surface area contributed by atoms with E-state index in [1.165, 1.54) is 22.5 Å². The number of carbonyl (C=O) groups is 1. The summed E-state index contributed by atoms with van der Waals surface area (Å²) in [5, 5.41) is 0. The molecule has 0 N–H and O–H groups in total. The highest BCUT2D eigenvalue weighted by atomic mass is 35.5. The molecule has 2 aromatic rings. The number of piperidine rings is 1. The number of ether oxygens (including phenoxy) is 1. The summed E-state index contributed by atoms with van der Waals surface area (Å²) < 4.78 is 33.2. The predicted octanol–water partition coefficient (Wildman–Crippen LogP) is 4.63. The molecule has 2 aliphatic rings. The van der Waals surface area contributed by atoms with Crippen molar-refractivity contribution >= 4 is 28.3 Å². The molecular formula is C30H44ClN3O4S. The van der Waals surface area contributed by atoms with Crippen LogP contribution in [0.5, 0.6) is 5.75 Å². The van der Waals surface area contributed by atoms with E-state index in [-0.39, 0.29) is 23.2 Å². The number of halogens is 1. The van der Waals surface area contributed by atoms with Crippen LogP contribution in [-0.4, -0.2) is 79.8 Å². The molecule has 1 amide bonds. The number of benzene rings is 2. The molecule has 0 bridgehead atoms. The Bertz CT molecular complexity index is 1210. The average Bonchev–Trinajstić information content (AvgIpc) is 3.39. The van der Waals surface area contributed by atoms with Gasteiger partial charge in [0.15, 0.2) is 0 Å². The van der Waals surface area contributed by atoms with E-state index in [2.05, 4.69) is 36.9 Å². The molecule has 0 spiro atoms. The van der Waals surface area contributed by atoms with Crippen LogP contribution in [0.1, 0.15) is 51.7 Å². The van der Waals surface area contributed by atoms with E-state index in [1.54, 1.807) is 44.2 Å². The maximum Gasteiger partial charge on any atom is 0.243 e.